The zero-order valence-corrected chi connectivity index (χ0v) is 19.8. The van der Waals surface area contributed by atoms with Crippen molar-refractivity contribution in [3.05, 3.63) is 70.7 Å². The van der Waals surface area contributed by atoms with E-state index in [2.05, 4.69) is 26.5 Å². The monoisotopic (exact) mass is 502 g/mol. The highest BCUT2D eigenvalue weighted by Crippen LogP contribution is 2.28. The summed E-state index contributed by atoms with van der Waals surface area (Å²) in [5.41, 5.74) is 4.65. The molecule has 0 atom stereocenters. The van der Waals surface area contributed by atoms with Crippen molar-refractivity contribution in [3.8, 4) is 0 Å². The van der Waals surface area contributed by atoms with Gasteiger partial charge in [0, 0.05) is 24.0 Å². The Morgan fingerprint density at radius 3 is 2.45 bits per heavy atom. The smallest absolute Gasteiger partial charge is 0.260 e. The average Bonchev–Trinajstić information content (AvgIpc) is 2.71. The molecule has 0 spiro atoms. The zero-order chi connectivity index (χ0) is 22.6. The molecule has 3 aromatic carbocycles. The number of sulfonamides is 1. The number of amides is 1. The molecule has 31 heavy (non-hydrogen) atoms. The number of nitrogens with one attached hydrogen (secondary N) is 1. The molecule has 0 aliphatic carbocycles. The second-order valence-electron chi connectivity index (χ2n) is 7.17. The first kappa shape index (κ1) is 22.8. The van der Waals surface area contributed by atoms with Crippen LogP contribution in [0.4, 0.5) is 11.4 Å². The van der Waals surface area contributed by atoms with E-state index in [1.54, 1.807) is 12.1 Å². The SMILES string of the molecule is CN(C)c1ccc(/C=N\NC(=O)CN(c2cccc3ccccc23)S(C)(=O)=O)cc1Br. The van der Waals surface area contributed by atoms with Crippen molar-refractivity contribution in [2.24, 2.45) is 5.10 Å². The van der Waals surface area contributed by atoms with Gasteiger partial charge in [0.05, 0.1) is 23.8 Å². The molecule has 162 valence electrons. The summed E-state index contributed by atoms with van der Waals surface area (Å²) in [7, 11) is 0.194. The Morgan fingerprint density at radius 2 is 1.77 bits per heavy atom. The van der Waals surface area contributed by atoms with E-state index in [4.69, 9.17) is 0 Å². The summed E-state index contributed by atoms with van der Waals surface area (Å²) in [5.74, 6) is -0.543. The molecule has 1 N–H and O–H groups in total. The van der Waals surface area contributed by atoms with Crippen molar-refractivity contribution < 1.29 is 13.2 Å². The van der Waals surface area contributed by atoms with Gasteiger partial charge in [0.25, 0.3) is 5.91 Å². The van der Waals surface area contributed by atoms with Gasteiger partial charge in [-0.1, -0.05) is 42.5 Å². The normalized spacial score (nSPS) is 11.6. The van der Waals surface area contributed by atoms with Crippen LogP contribution in [0.5, 0.6) is 0 Å². The van der Waals surface area contributed by atoms with E-state index in [1.165, 1.54) is 6.21 Å². The molecule has 0 saturated carbocycles. The lowest BCUT2D eigenvalue weighted by atomic mass is 10.1. The second kappa shape index (κ2) is 9.49. The first-order valence-electron chi connectivity index (χ1n) is 9.41. The van der Waals surface area contributed by atoms with Crippen LogP contribution in [0.25, 0.3) is 10.8 Å². The number of nitrogens with zero attached hydrogens (tertiary/aromatic N) is 3. The lowest BCUT2D eigenvalue weighted by Crippen LogP contribution is -2.39. The highest BCUT2D eigenvalue weighted by molar-refractivity contribution is 9.10. The highest BCUT2D eigenvalue weighted by Gasteiger charge is 2.22. The van der Waals surface area contributed by atoms with Crippen LogP contribution in [-0.4, -0.2) is 47.4 Å². The average molecular weight is 503 g/mol. The highest BCUT2D eigenvalue weighted by atomic mass is 79.9. The Bertz CT molecular complexity index is 1240. The predicted molar refractivity (Wildman–Crippen MR) is 130 cm³/mol. The maximum Gasteiger partial charge on any atom is 0.260 e. The van der Waals surface area contributed by atoms with Crippen LogP contribution in [0.1, 0.15) is 5.56 Å². The van der Waals surface area contributed by atoms with Gasteiger partial charge in [-0.05, 0) is 45.1 Å². The lowest BCUT2D eigenvalue weighted by molar-refractivity contribution is -0.119. The van der Waals surface area contributed by atoms with Crippen LogP contribution in [0.15, 0.2) is 70.2 Å². The molecule has 0 saturated heterocycles. The number of carbonyl (C=O) groups is 1. The fourth-order valence-corrected chi connectivity index (χ4v) is 4.74. The van der Waals surface area contributed by atoms with Gasteiger partial charge in [0.1, 0.15) is 6.54 Å². The Hall–Kier alpha value is -2.91. The summed E-state index contributed by atoms with van der Waals surface area (Å²) in [4.78, 5) is 14.4. The van der Waals surface area contributed by atoms with Gasteiger partial charge in [0.15, 0.2) is 0 Å². The van der Waals surface area contributed by atoms with Crippen molar-refractivity contribution in [1.82, 2.24) is 5.43 Å². The number of hydrogen-bond donors (Lipinski definition) is 1. The van der Waals surface area contributed by atoms with Crippen LogP contribution < -0.4 is 14.6 Å². The number of hydrazone groups is 1. The Balaban J connectivity index is 1.77. The van der Waals surface area contributed by atoms with E-state index in [0.29, 0.717) is 5.69 Å². The number of halogens is 1. The largest absolute Gasteiger partial charge is 0.377 e. The van der Waals surface area contributed by atoms with Crippen molar-refractivity contribution in [3.63, 3.8) is 0 Å². The zero-order valence-electron chi connectivity index (χ0n) is 17.4. The third-order valence-electron chi connectivity index (χ3n) is 4.58. The number of benzene rings is 3. The molecular weight excluding hydrogens is 480 g/mol. The van der Waals surface area contributed by atoms with Crippen LogP contribution >= 0.6 is 15.9 Å². The molecule has 0 bridgehead atoms. The molecular formula is C22H23BrN4O3S. The molecule has 3 aromatic rings. The Labute approximate surface area is 190 Å². The number of carbonyl (C=O) groups excluding carboxylic acids is 1. The Kier molecular flexibility index (Phi) is 6.97. The minimum Gasteiger partial charge on any atom is -0.377 e. The van der Waals surface area contributed by atoms with E-state index >= 15 is 0 Å². The minimum atomic E-state index is -3.69. The maximum atomic E-state index is 12.5. The minimum absolute atomic E-state index is 0.382. The molecule has 7 nitrogen and oxygen atoms in total. The lowest BCUT2D eigenvalue weighted by Gasteiger charge is -2.23. The van der Waals surface area contributed by atoms with E-state index in [0.717, 1.165) is 37.1 Å². The van der Waals surface area contributed by atoms with Crippen LogP contribution in [-0.2, 0) is 14.8 Å². The van der Waals surface area contributed by atoms with Crippen molar-refractivity contribution in [2.45, 2.75) is 0 Å². The third kappa shape index (κ3) is 5.62. The molecule has 0 aromatic heterocycles. The third-order valence-corrected chi connectivity index (χ3v) is 6.34. The second-order valence-corrected chi connectivity index (χ2v) is 9.93. The number of fused-ring (bicyclic) bond motifs is 1. The van der Waals surface area contributed by atoms with E-state index < -0.39 is 15.9 Å². The number of rotatable bonds is 7. The summed E-state index contributed by atoms with van der Waals surface area (Å²) in [6.07, 6.45) is 2.58. The summed E-state index contributed by atoms with van der Waals surface area (Å²) in [6, 6.07) is 18.4. The summed E-state index contributed by atoms with van der Waals surface area (Å²) in [5, 5.41) is 5.60. The molecule has 0 unspecified atom stereocenters. The van der Waals surface area contributed by atoms with Gasteiger partial charge in [-0.25, -0.2) is 13.8 Å². The molecule has 0 aliphatic heterocycles. The van der Waals surface area contributed by atoms with E-state index in [1.807, 2.05) is 67.5 Å². The first-order valence-corrected chi connectivity index (χ1v) is 12.0. The number of hydrogen-bond acceptors (Lipinski definition) is 5. The first-order chi connectivity index (χ1) is 14.7. The van der Waals surface area contributed by atoms with E-state index in [-0.39, 0.29) is 6.54 Å². The van der Waals surface area contributed by atoms with Gasteiger partial charge in [-0.3, -0.25) is 9.10 Å². The molecule has 0 aliphatic rings. The fraction of sp³-hybridized carbons (Fsp3) is 0.182. The summed E-state index contributed by atoms with van der Waals surface area (Å²) >= 11 is 3.50. The topological polar surface area (TPSA) is 82.1 Å². The van der Waals surface area contributed by atoms with Crippen LogP contribution in [0.2, 0.25) is 0 Å². The van der Waals surface area contributed by atoms with Crippen molar-refractivity contribution in [1.29, 1.82) is 0 Å². The van der Waals surface area contributed by atoms with Gasteiger partial charge >= 0.3 is 0 Å². The quantitative estimate of drug-likeness (QED) is 0.395. The molecule has 0 heterocycles. The van der Waals surface area contributed by atoms with Gasteiger partial charge in [-0.2, -0.15) is 5.10 Å². The molecule has 9 heteroatoms. The predicted octanol–water partition coefficient (Wildman–Crippen LogP) is 3.58. The summed E-state index contributed by atoms with van der Waals surface area (Å²) in [6.45, 7) is -0.382. The number of anilines is 2. The molecule has 0 fully saturated rings. The molecule has 0 radical (unpaired) electrons. The standard InChI is InChI=1S/C22H23BrN4O3S/c1-26(2)21-12-11-16(13-19(21)23)14-24-25-22(28)15-27(31(3,29)30)20-10-6-8-17-7-4-5-9-18(17)20/h4-14H,15H2,1-3H3,(H,25,28)/b24-14-. The Morgan fingerprint density at radius 1 is 1.06 bits per heavy atom. The molecule has 3 rings (SSSR count). The fourth-order valence-electron chi connectivity index (χ4n) is 3.12. The van der Waals surface area contributed by atoms with Crippen LogP contribution in [0, 0.1) is 0 Å². The van der Waals surface area contributed by atoms with Crippen molar-refractivity contribution in [2.75, 3.05) is 36.1 Å². The van der Waals surface area contributed by atoms with Crippen molar-refractivity contribution >= 4 is 60.2 Å². The van der Waals surface area contributed by atoms with Gasteiger partial charge in [0.2, 0.25) is 10.0 Å². The van der Waals surface area contributed by atoms with Crippen LogP contribution in [0.3, 0.4) is 0 Å². The van der Waals surface area contributed by atoms with E-state index in [9.17, 15) is 13.2 Å². The van der Waals surface area contributed by atoms with Gasteiger partial charge in [-0.15, -0.1) is 0 Å². The van der Waals surface area contributed by atoms with Gasteiger partial charge < -0.3 is 4.90 Å². The maximum absolute atomic E-state index is 12.5. The molecule has 1 amide bonds. The summed E-state index contributed by atoms with van der Waals surface area (Å²) < 4.78 is 26.8.